The molecular formula is C11H22OP+. The van der Waals surface area contributed by atoms with Gasteiger partial charge in [0.05, 0.1) is 24.6 Å². The molecule has 0 aliphatic rings. The Labute approximate surface area is 82.9 Å². The summed E-state index contributed by atoms with van der Waals surface area (Å²) < 4.78 is 0. The maximum Gasteiger partial charge on any atom is 0.158 e. The smallest absolute Gasteiger partial charge is 0.158 e. The van der Waals surface area contributed by atoms with E-state index in [1.807, 2.05) is 0 Å². The van der Waals surface area contributed by atoms with E-state index in [-0.39, 0.29) is 5.78 Å². The molecule has 0 saturated heterocycles. The summed E-state index contributed by atoms with van der Waals surface area (Å²) in [6.07, 6.45) is 7.14. The van der Waals surface area contributed by atoms with E-state index in [0.717, 1.165) is 6.16 Å². The second-order valence-corrected chi connectivity index (χ2v) is 8.46. The third-order valence-corrected chi connectivity index (χ3v) is 8.27. The molecule has 1 nitrogen and oxygen atoms in total. The lowest BCUT2D eigenvalue weighted by atomic mass is 10.3. The second kappa shape index (κ2) is 6.32. The molecule has 0 unspecified atom stereocenters. The molecule has 0 amide bonds. The number of hydrogen-bond acceptors (Lipinski definition) is 1. The maximum atomic E-state index is 11.1. The third kappa shape index (κ3) is 4.04. The Morgan fingerprint density at radius 2 is 1.69 bits per heavy atom. The van der Waals surface area contributed by atoms with E-state index in [9.17, 15) is 4.79 Å². The van der Waals surface area contributed by atoms with Gasteiger partial charge in [-0.05, 0) is 26.8 Å². The van der Waals surface area contributed by atoms with Crippen LogP contribution in [0.3, 0.4) is 0 Å². The van der Waals surface area contributed by atoms with Gasteiger partial charge in [0, 0.05) is 13.7 Å². The number of carbonyl (C=O) groups excluding carboxylic acids is 1. The first-order valence-electron chi connectivity index (χ1n) is 5.14. The Morgan fingerprint density at radius 3 is 2.00 bits per heavy atom. The van der Waals surface area contributed by atoms with E-state index < -0.39 is 7.26 Å². The van der Waals surface area contributed by atoms with Gasteiger partial charge < -0.3 is 0 Å². The number of rotatable bonds is 7. The SMILES string of the molecule is C=CC(=O)CC[P+](CC)(CC)CC. The fraction of sp³-hybridized carbons (Fsp3) is 0.727. The van der Waals surface area contributed by atoms with E-state index in [1.165, 1.54) is 24.6 Å². The summed E-state index contributed by atoms with van der Waals surface area (Å²) in [4.78, 5) is 11.1. The van der Waals surface area contributed by atoms with Gasteiger partial charge >= 0.3 is 0 Å². The molecule has 2 heteroatoms. The maximum absolute atomic E-state index is 11.1. The quantitative estimate of drug-likeness (QED) is 0.456. The van der Waals surface area contributed by atoms with Crippen LogP contribution in [0, 0.1) is 0 Å². The zero-order chi connectivity index (χ0) is 10.3. The molecule has 0 bridgehead atoms. The minimum Gasteiger partial charge on any atom is -0.295 e. The highest BCUT2D eigenvalue weighted by atomic mass is 31.2. The molecule has 0 saturated carbocycles. The summed E-state index contributed by atoms with van der Waals surface area (Å²) in [7, 11) is -0.775. The molecule has 0 heterocycles. The molecule has 0 fully saturated rings. The number of ketones is 1. The summed E-state index contributed by atoms with van der Waals surface area (Å²) in [6, 6.07) is 0. The van der Waals surface area contributed by atoms with E-state index in [2.05, 4.69) is 27.4 Å². The lowest BCUT2D eigenvalue weighted by Gasteiger charge is -2.22. The number of carbonyl (C=O) groups is 1. The van der Waals surface area contributed by atoms with Gasteiger partial charge in [0.1, 0.15) is 0 Å². The van der Waals surface area contributed by atoms with Crippen LogP contribution in [0.15, 0.2) is 12.7 Å². The van der Waals surface area contributed by atoms with Crippen molar-refractivity contribution in [1.82, 2.24) is 0 Å². The average molecular weight is 201 g/mol. The molecule has 0 aromatic carbocycles. The monoisotopic (exact) mass is 201 g/mol. The van der Waals surface area contributed by atoms with Crippen molar-refractivity contribution in [3.8, 4) is 0 Å². The Kier molecular flexibility index (Phi) is 6.24. The highest BCUT2D eigenvalue weighted by Gasteiger charge is 2.30. The molecule has 0 spiro atoms. The standard InChI is InChI=1S/C11H22OP/c1-5-11(12)9-10-13(6-2,7-3)8-4/h5H,1,6-10H2,2-4H3/q+1. The molecule has 13 heavy (non-hydrogen) atoms. The molecule has 0 aliphatic carbocycles. The summed E-state index contributed by atoms with van der Waals surface area (Å²) in [6.45, 7) is 10.3. The fourth-order valence-corrected chi connectivity index (χ4v) is 4.58. The van der Waals surface area contributed by atoms with Crippen molar-refractivity contribution in [3.05, 3.63) is 12.7 Å². The highest BCUT2D eigenvalue weighted by molar-refractivity contribution is 7.75. The van der Waals surface area contributed by atoms with E-state index in [1.54, 1.807) is 0 Å². The molecule has 0 rings (SSSR count). The van der Waals surface area contributed by atoms with Crippen molar-refractivity contribution in [2.45, 2.75) is 27.2 Å². The van der Waals surface area contributed by atoms with Crippen molar-refractivity contribution in [3.63, 3.8) is 0 Å². The molecule has 0 N–H and O–H groups in total. The van der Waals surface area contributed by atoms with Gasteiger partial charge in [-0.15, -0.1) is 0 Å². The van der Waals surface area contributed by atoms with Crippen LogP contribution in [0.25, 0.3) is 0 Å². The Balaban J connectivity index is 4.09. The fourth-order valence-electron chi connectivity index (χ4n) is 1.59. The minimum atomic E-state index is -0.775. The van der Waals surface area contributed by atoms with Gasteiger partial charge in [-0.2, -0.15) is 0 Å². The van der Waals surface area contributed by atoms with Crippen LogP contribution in [-0.4, -0.2) is 30.4 Å². The van der Waals surface area contributed by atoms with E-state index >= 15 is 0 Å². The highest BCUT2D eigenvalue weighted by Crippen LogP contribution is 2.58. The Morgan fingerprint density at radius 1 is 1.23 bits per heavy atom. The zero-order valence-electron chi connectivity index (χ0n) is 9.18. The van der Waals surface area contributed by atoms with Crippen molar-refractivity contribution in [2.75, 3.05) is 24.6 Å². The van der Waals surface area contributed by atoms with Crippen LogP contribution in [0.2, 0.25) is 0 Å². The molecule has 76 valence electrons. The average Bonchev–Trinajstić information content (AvgIpc) is 2.20. The minimum absolute atomic E-state index is 0.208. The Hall–Kier alpha value is -0.160. The molecule has 0 aliphatic heterocycles. The van der Waals surface area contributed by atoms with Crippen LogP contribution in [0.4, 0.5) is 0 Å². The molecule has 0 aromatic rings. The molecule has 0 radical (unpaired) electrons. The number of hydrogen-bond donors (Lipinski definition) is 0. The van der Waals surface area contributed by atoms with Gasteiger partial charge in [0.25, 0.3) is 0 Å². The second-order valence-electron chi connectivity index (χ2n) is 3.43. The summed E-state index contributed by atoms with van der Waals surface area (Å²) in [5.41, 5.74) is 0. The lowest BCUT2D eigenvalue weighted by molar-refractivity contribution is -0.114. The first-order valence-corrected chi connectivity index (χ1v) is 7.67. The first-order chi connectivity index (χ1) is 6.14. The first kappa shape index (κ1) is 12.8. The van der Waals surface area contributed by atoms with Crippen LogP contribution in [-0.2, 0) is 4.79 Å². The van der Waals surface area contributed by atoms with Crippen LogP contribution >= 0.6 is 7.26 Å². The van der Waals surface area contributed by atoms with Crippen molar-refractivity contribution >= 4 is 13.0 Å². The topological polar surface area (TPSA) is 17.1 Å². The van der Waals surface area contributed by atoms with Crippen LogP contribution < -0.4 is 0 Å². The molecular weight excluding hydrogens is 179 g/mol. The van der Waals surface area contributed by atoms with Crippen molar-refractivity contribution in [1.29, 1.82) is 0 Å². The summed E-state index contributed by atoms with van der Waals surface area (Å²) in [5.74, 6) is 0.208. The van der Waals surface area contributed by atoms with Gasteiger partial charge in [-0.3, -0.25) is 4.79 Å². The van der Waals surface area contributed by atoms with E-state index in [0.29, 0.717) is 6.42 Å². The predicted octanol–water partition coefficient (Wildman–Crippen LogP) is 3.21. The van der Waals surface area contributed by atoms with Gasteiger partial charge in [-0.25, -0.2) is 0 Å². The summed E-state index contributed by atoms with van der Waals surface area (Å²) in [5, 5.41) is 0. The molecule has 0 aromatic heterocycles. The summed E-state index contributed by atoms with van der Waals surface area (Å²) >= 11 is 0. The lowest BCUT2D eigenvalue weighted by Crippen LogP contribution is -2.10. The Bertz CT molecular complexity index is 163. The zero-order valence-corrected chi connectivity index (χ0v) is 10.1. The van der Waals surface area contributed by atoms with Crippen LogP contribution in [0.1, 0.15) is 27.2 Å². The van der Waals surface area contributed by atoms with Gasteiger partial charge in [0.2, 0.25) is 0 Å². The third-order valence-electron chi connectivity index (χ3n) is 3.07. The molecule has 0 atom stereocenters. The van der Waals surface area contributed by atoms with Crippen LogP contribution in [0.5, 0.6) is 0 Å². The largest absolute Gasteiger partial charge is 0.295 e. The van der Waals surface area contributed by atoms with E-state index in [4.69, 9.17) is 0 Å². The predicted molar refractivity (Wildman–Crippen MR) is 63.2 cm³/mol. The van der Waals surface area contributed by atoms with Crippen molar-refractivity contribution < 1.29 is 4.79 Å². The normalized spacial score (nSPS) is 11.3. The van der Waals surface area contributed by atoms with Gasteiger partial charge in [0.15, 0.2) is 5.78 Å². The number of allylic oxidation sites excluding steroid dienone is 1. The van der Waals surface area contributed by atoms with Crippen molar-refractivity contribution in [2.24, 2.45) is 0 Å². The van der Waals surface area contributed by atoms with Gasteiger partial charge in [-0.1, -0.05) is 6.58 Å².